The highest BCUT2D eigenvalue weighted by Gasteiger charge is 2.12. The number of halogens is 1. The minimum Gasteiger partial charge on any atom is -0.423 e. The van der Waals surface area contributed by atoms with E-state index in [2.05, 4.69) is 15.5 Å². The fourth-order valence-corrected chi connectivity index (χ4v) is 3.14. The standard InChI is InChI=1S/C19H12ClN3O4S/c20-13-4-1-11(2-5-13)18-22-23-19(27-18)28-10-16(24)21-14-6-7-15-12(9-14)3-8-17(25)26-15/h1-9H,10H2,(H,21,24). The van der Waals surface area contributed by atoms with Crippen molar-refractivity contribution in [3.63, 3.8) is 0 Å². The highest BCUT2D eigenvalue weighted by atomic mass is 35.5. The van der Waals surface area contributed by atoms with E-state index in [0.29, 0.717) is 27.4 Å². The summed E-state index contributed by atoms with van der Waals surface area (Å²) in [6, 6.07) is 15.0. The van der Waals surface area contributed by atoms with Gasteiger partial charge in [-0.3, -0.25) is 4.79 Å². The summed E-state index contributed by atoms with van der Waals surface area (Å²) < 4.78 is 10.6. The second-order valence-electron chi connectivity index (χ2n) is 5.72. The van der Waals surface area contributed by atoms with E-state index in [1.165, 1.54) is 6.07 Å². The monoisotopic (exact) mass is 413 g/mol. The number of carbonyl (C=O) groups excluding carboxylic acids is 1. The molecule has 7 nitrogen and oxygen atoms in total. The van der Waals surface area contributed by atoms with Gasteiger partial charge in [0, 0.05) is 27.7 Å². The number of amides is 1. The molecule has 0 saturated carbocycles. The van der Waals surface area contributed by atoms with Crippen LogP contribution in [-0.4, -0.2) is 21.9 Å². The normalized spacial score (nSPS) is 10.9. The van der Waals surface area contributed by atoms with E-state index < -0.39 is 5.63 Å². The summed E-state index contributed by atoms with van der Waals surface area (Å²) in [5.41, 5.74) is 1.38. The molecular weight excluding hydrogens is 402 g/mol. The molecule has 9 heteroatoms. The van der Waals surface area contributed by atoms with E-state index in [-0.39, 0.29) is 11.7 Å². The van der Waals surface area contributed by atoms with Crippen molar-refractivity contribution in [2.24, 2.45) is 0 Å². The van der Waals surface area contributed by atoms with Crippen molar-refractivity contribution >= 4 is 45.9 Å². The molecule has 4 aromatic rings. The quantitative estimate of drug-likeness (QED) is 0.386. The van der Waals surface area contributed by atoms with Gasteiger partial charge in [0.2, 0.25) is 11.8 Å². The third-order valence-corrected chi connectivity index (χ3v) is 4.80. The molecule has 0 saturated heterocycles. The fourth-order valence-electron chi connectivity index (χ4n) is 2.45. The van der Waals surface area contributed by atoms with Crippen LogP contribution in [0, 0.1) is 0 Å². The maximum absolute atomic E-state index is 12.2. The molecule has 0 fully saturated rings. The average molecular weight is 414 g/mol. The third-order valence-electron chi connectivity index (χ3n) is 3.73. The topological polar surface area (TPSA) is 98.2 Å². The average Bonchev–Trinajstić information content (AvgIpc) is 3.16. The first-order valence-corrected chi connectivity index (χ1v) is 9.49. The van der Waals surface area contributed by atoms with Crippen molar-refractivity contribution < 1.29 is 13.6 Å². The lowest BCUT2D eigenvalue weighted by Gasteiger charge is -2.05. The van der Waals surface area contributed by atoms with Crippen LogP contribution >= 0.6 is 23.4 Å². The number of benzene rings is 2. The number of thioether (sulfide) groups is 1. The van der Waals surface area contributed by atoms with Gasteiger partial charge in [-0.1, -0.05) is 23.4 Å². The molecular formula is C19H12ClN3O4S. The van der Waals surface area contributed by atoms with Crippen LogP contribution in [0.25, 0.3) is 22.4 Å². The SMILES string of the molecule is O=C(CSc1nnc(-c2ccc(Cl)cc2)o1)Nc1ccc2oc(=O)ccc2c1. The Bertz CT molecular complexity index is 1200. The van der Waals surface area contributed by atoms with Crippen molar-refractivity contribution in [3.8, 4) is 11.5 Å². The van der Waals surface area contributed by atoms with Crippen LogP contribution in [0.4, 0.5) is 5.69 Å². The van der Waals surface area contributed by atoms with Gasteiger partial charge in [0.25, 0.3) is 5.22 Å². The summed E-state index contributed by atoms with van der Waals surface area (Å²) in [4.78, 5) is 23.4. The third kappa shape index (κ3) is 4.24. The molecule has 2 heterocycles. The van der Waals surface area contributed by atoms with Gasteiger partial charge in [-0.05, 0) is 48.5 Å². The Kier molecular flexibility index (Phi) is 5.14. The molecule has 0 aliphatic rings. The molecule has 0 bridgehead atoms. The summed E-state index contributed by atoms with van der Waals surface area (Å²) in [7, 11) is 0. The maximum atomic E-state index is 12.2. The number of rotatable bonds is 5. The lowest BCUT2D eigenvalue weighted by molar-refractivity contribution is -0.113. The van der Waals surface area contributed by atoms with E-state index in [9.17, 15) is 9.59 Å². The Morgan fingerprint density at radius 3 is 2.68 bits per heavy atom. The number of carbonyl (C=O) groups is 1. The van der Waals surface area contributed by atoms with E-state index in [1.807, 2.05) is 0 Å². The smallest absolute Gasteiger partial charge is 0.336 e. The zero-order valence-corrected chi connectivity index (χ0v) is 15.8. The van der Waals surface area contributed by atoms with Crippen LogP contribution in [0.15, 0.2) is 73.4 Å². The highest BCUT2D eigenvalue weighted by Crippen LogP contribution is 2.24. The van der Waals surface area contributed by atoms with Crippen LogP contribution in [0.5, 0.6) is 0 Å². The molecule has 1 amide bonds. The highest BCUT2D eigenvalue weighted by molar-refractivity contribution is 7.99. The largest absolute Gasteiger partial charge is 0.423 e. The molecule has 140 valence electrons. The Morgan fingerprint density at radius 2 is 1.86 bits per heavy atom. The first-order chi connectivity index (χ1) is 13.6. The van der Waals surface area contributed by atoms with Crippen LogP contribution in [0.2, 0.25) is 5.02 Å². The summed E-state index contributed by atoms with van der Waals surface area (Å²) in [5, 5.41) is 12.3. The second kappa shape index (κ2) is 7.87. The second-order valence-corrected chi connectivity index (χ2v) is 7.09. The van der Waals surface area contributed by atoms with Gasteiger partial charge < -0.3 is 14.2 Å². The van der Waals surface area contributed by atoms with Gasteiger partial charge >= 0.3 is 5.63 Å². The summed E-state index contributed by atoms with van der Waals surface area (Å²) in [6.07, 6.45) is 0. The minimum atomic E-state index is -0.418. The van der Waals surface area contributed by atoms with E-state index >= 15 is 0 Å². The zero-order valence-electron chi connectivity index (χ0n) is 14.2. The van der Waals surface area contributed by atoms with Crippen LogP contribution in [0.1, 0.15) is 0 Å². The predicted molar refractivity (Wildman–Crippen MR) is 107 cm³/mol. The molecule has 0 atom stereocenters. The fraction of sp³-hybridized carbons (Fsp3) is 0.0526. The number of fused-ring (bicyclic) bond motifs is 1. The van der Waals surface area contributed by atoms with Gasteiger partial charge in [0.1, 0.15) is 5.58 Å². The Balaban J connectivity index is 1.37. The van der Waals surface area contributed by atoms with Crippen molar-refractivity contribution in [3.05, 3.63) is 70.0 Å². The zero-order chi connectivity index (χ0) is 19.5. The Morgan fingerprint density at radius 1 is 1.04 bits per heavy atom. The van der Waals surface area contributed by atoms with Crippen molar-refractivity contribution in [1.29, 1.82) is 0 Å². The Hall–Kier alpha value is -3.10. The van der Waals surface area contributed by atoms with Gasteiger partial charge in [-0.15, -0.1) is 10.2 Å². The predicted octanol–water partition coefficient (Wildman–Crippen LogP) is 4.23. The van der Waals surface area contributed by atoms with Crippen LogP contribution < -0.4 is 10.9 Å². The molecule has 0 aliphatic carbocycles. The van der Waals surface area contributed by atoms with Crippen molar-refractivity contribution in [1.82, 2.24) is 10.2 Å². The van der Waals surface area contributed by atoms with Crippen molar-refractivity contribution in [2.75, 3.05) is 11.1 Å². The van der Waals surface area contributed by atoms with Gasteiger partial charge in [-0.25, -0.2) is 4.79 Å². The Labute approximate surface area is 167 Å². The molecule has 0 unspecified atom stereocenters. The number of nitrogens with one attached hydrogen (secondary N) is 1. The maximum Gasteiger partial charge on any atom is 0.336 e. The van der Waals surface area contributed by atoms with E-state index in [4.69, 9.17) is 20.4 Å². The molecule has 0 radical (unpaired) electrons. The van der Waals surface area contributed by atoms with E-state index in [1.54, 1.807) is 48.5 Å². The number of hydrogen-bond donors (Lipinski definition) is 1. The van der Waals surface area contributed by atoms with Gasteiger partial charge in [-0.2, -0.15) is 0 Å². The molecule has 28 heavy (non-hydrogen) atoms. The molecule has 2 aromatic carbocycles. The van der Waals surface area contributed by atoms with Crippen LogP contribution in [0.3, 0.4) is 0 Å². The molecule has 0 aliphatic heterocycles. The van der Waals surface area contributed by atoms with Crippen LogP contribution in [-0.2, 0) is 4.79 Å². The molecule has 4 rings (SSSR count). The summed E-state index contributed by atoms with van der Waals surface area (Å²) in [5.74, 6) is 0.230. The minimum absolute atomic E-state index is 0.101. The van der Waals surface area contributed by atoms with E-state index in [0.717, 1.165) is 22.7 Å². The lowest BCUT2D eigenvalue weighted by atomic mass is 10.2. The number of hydrogen-bond acceptors (Lipinski definition) is 7. The van der Waals surface area contributed by atoms with Gasteiger partial charge in [0.05, 0.1) is 5.75 Å². The van der Waals surface area contributed by atoms with Gasteiger partial charge in [0.15, 0.2) is 0 Å². The first kappa shape index (κ1) is 18.3. The number of aromatic nitrogens is 2. The molecule has 2 aromatic heterocycles. The number of anilines is 1. The first-order valence-electron chi connectivity index (χ1n) is 8.13. The van der Waals surface area contributed by atoms with Crippen molar-refractivity contribution in [2.45, 2.75) is 5.22 Å². The summed E-state index contributed by atoms with van der Waals surface area (Å²) >= 11 is 6.99. The summed E-state index contributed by atoms with van der Waals surface area (Å²) in [6.45, 7) is 0. The lowest BCUT2D eigenvalue weighted by Crippen LogP contribution is -2.14. The molecule has 0 spiro atoms. The number of nitrogens with zero attached hydrogens (tertiary/aromatic N) is 2. The molecule has 1 N–H and O–H groups in total.